The highest BCUT2D eigenvalue weighted by Crippen LogP contribution is 2.28. The van der Waals surface area contributed by atoms with E-state index in [0.29, 0.717) is 0 Å². The van der Waals surface area contributed by atoms with Gasteiger partial charge in [0.15, 0.2) is 0 Å². The van der Waals surface area contributed by atoms with Gasteiger partial charge in [-0.3, -0.25) is 0 Å². The Kier molecular flexibility index (Phi) is 4.43. The molecule has 0 aliphatic carbocycles. The number of hydrogen-bond acceptors (Lipinski definition) is 0. The van der Waals surface area contributed by atoms with Crippen molar-refractivity contribution in [3.8, 4) is 0 Å². The van der Waals surface area contributed by atoms with Crippen LogP contribution >= 0.6 is 0 Å². The van der Waals surface area contributed by atoms with E-state index in [2.05, 4.69) is 109 Å². The zero-order valence-corrected chi connectivity index (χ0v) is 17.5. The van der Waals surface area contributed by atoms with Crippen LogP contribution in [0.3, 0.4) is 0 Å². The fourth-order valence-electron chi connectivity index (χ4n) is 4.93. The summed E-state index contributed by atoms with van der Waals surface area (Å²) in [5.74, 6) is 0. The van der Waals surface area contributed by atoms with Crippen LogP contribution in [0.5, 0.6) is 0 Å². The molecule has 0 aromatic heterocycles. The number of aryl methyl sites for hydroxylation is 2. The number of rotatable bonds is 4. The van der Waals surface area contributed by atoms with E-state index in [9.17, 15) is 0 Å². The molecule has 31 heavy (non-hydrogen) atoms. The predicted molar refractivity (Wildman–Crippen MR) is 135 cm³/mol. The molecule has 0 saturated carbocycles. The molecule has 0 aliphatic heterocycles. The first-order valence-corrected chi connectivity index (χ1v) is 11.2. The van der Waals surface area contributed by atoms with Crippen LogP contribution in [0.15, 0.2) is 109 Å². The van der Waals surface area contributed by atoms with E-state index in [1.807, 2.05) is 0 Å². The van der Waals surface area contributed by atoms with Gasteiger partial charge >= 0.3 is 0 Å². The Morgan fingerprint density at radius 2 is 0.774 bits per heavy atom. The molecule has 0 bridgehead atoms. The van der Waals surface area contributed by atoms with Crippen LogP contribution in [-0.2, 0) is 12.8 Å². The van der Waals surface area contributed by atoms with E-state index in [1.54, 1.807) is 0 Å². The first-order valence-electron chi connectivity index (χ1n) is 11.2. The van der Waals surface area contributed by atoms with Gasteiger partial charge in [0.05, 0.1) is 0 Å². The Bertz CT molecular complexity index is 1440. The van der Waals surface area contributed by atoms with Crippen molar-refractivity contribution in [3.63, 3.8) is 0 Å². The molecule has 0 saturated heterocycles. The molecule has 0 N–H and O–H groups in total. The minimum atomic E-state index is 1.11. The van der Waals surface area contributed by atoms with E-state index >= 15 is 0 Å². The van der Waals surface area contributed by atoms with Crippen LogP contribution in [0.4, 0.5) is 0 Å². The highest BCUT2D eigenvalue weighted by Gasteiger charge is 2.04. The molecule has 6 aromatic rings. The second-order valence-electron chi connectivity index (χ2n) is 8.54. The van der Waals surface area contributed by atoms with E-state index < -0.39 is 0 Å². The van der Waals surface area contributed by atoms with Gasteiger partial charge in [0.1, 0.15) is 0 Å². The van der Waals surface area contributed by atoms with Crippen LogP contribution < -0.4 is 0 Å². The number of benzene rings is 6. The van der Waals surface area contributed by atoms with Crippen molar-refractivity contribution in [1.82, 2.24) is 0 Å². The van der Waals surface area contributed by atoms with Gasteiger partial charge in [-0.2, -0.15) is 0 Å². The third-order valence-electron chi connectivity index (χ3n) is 6.55. The molecule has 0 fully saturated rings. The molecular formula is C31H24. The molecule has 6 aromatic carbocycles. The topological polar surface area (TPSA) is 0 Å². The van der Waals surface area contributed by atoms with Gasteiger partial charge in [-0.05, 0) is 73.5 Å². The van der Waals surface area contributed by atoms with Gasteiger partial charge in [-0.25, -0.2) is 0 Å². The standard InChI is InChI=1S/C31H24/c1-3-10-28-24(8-1)14-16-26-20-22(12-18-30(26)28)6-5-7-23-13-19-31-27(21-23)17-15-25-9-2-4-11-29(25)31/h1-4,8-21H,5-7H2. The SMILES string of the molecule is c1ccc2c(c1)ccc1cc(CCCc3ccc4c(ccc5ccccc54)c3)ccc12. The lowest BCUT2D eigenvalue weighted by Gasteiger charge is -2.09. The van der Waals surface area contributed by atoms with Crippen molar-refractivity contribution in [1.29, 1.82) is 0 Å². The molecule has 0 nitrogen and oxygen atoms in total. The highest BCUT2D eigenvalue weighted by atomic mass is 14.1. The summed E-state index contributed by atoms with van der Waals surface area (Å²) < 4.78 is 0. The van der Waals surface area contributed by atoms with Gasteiger partial charge in [0, 0.05) is 0 Å². The summed E-state index contributed by atoms with van der Waals surface area (Å²) in [6.07, 6.45) is 3.38. The Morgan fingerprint density at radius 1 is 0.355 bits per heavy atom. The summed E-state index contributed by atoms with van der Waals surface area (Å²) in [7, 11) is 0. The first-order chi connectivity index (χ1) is 15.3. The van der Waals surface area contributed by atoms with Crippen molar-refractivity contribution < 1.29 is 0 Å². The molecule has 0 amide bonds. The van der Waals surface area contributed by atoms with E-state index in [1.165, 1.54) is 54.2 Å². The monoisotopic (exact) mass is 396 g/mol. The molecular weight excluding hydrogens is 372 g/mol. The van der Waals surface area contributed by atoms with E-state index in [0.717, 1.165) is 19.3 Å². The van der Waals surface area contributed by atoms with E-state index in [4.69, 9.17) is 0 Å². The molecule has 6 rings (SSSR count). The van der Waals surface area contributed by atoms with Gasteiger partial charge in [-0.1, -0.05) is 109 Å². The van der Waals surface area contributed by atoms with Crippen LogP contribution in [0, 0.1) is 0 Å². The fraction of sp³-hybridized carbons (Fsp3) is 0.0968. The normalized spacial score (nSPS) is 11.6. The van der Waals surface area contributed by atoms with Crippen molar-refractivity contribution in [2.45, 2.75) is 19.3 Å². The maximum absolute atomic E-state index is 2.37. The summed E-state index contributed by atoms with van der Waals surface area (Å²) >= 11 is 0. The maximum atomic E-state index is 2.37. The van der Waals surface area contributed by atoms with Crippen molar-refractivity contribution >= 4 is 43.1 Å². The molecule has 0 atom stereocenters. The Morgan fingerprint density at radius 3 is 1.29 bits per heavy atom. The van der Waals surface area contributed by atoms with Crippen molar-refractivity contribution in [2.75, 3.05) is 0 Å². The summed E-state index contributed by atoms with van der Waals surface area (Å²) in [4.78, 5) is 0. The third kappa shape index (κ3) is 3.35. The lowest BCUT2D eigenvalue weighted by Crippen LogP contribution is -1.91. The average Bonchev–Trinajstić information content (AvgIpc) is 2.83. The smallest absolute Gasteiger partial charge is 0.0105 e. The molecule has 0 spiro atoms. The van der Waals surface area contributed by atoms with Gasteiger partial charge in [0.2, 0.25) is 0 Å². The Hall–Kier alpha value is -3.64. The summed E-state index contributed by atoms with van der Waals surface area (Å²) in [6, 6.07) is 40.2. The van der Waals surface area contributed by atoms with Crippen LogP contribution in [0.25, 0.3) is 43.1 Å². The van der Waals surface area contributed by atoms with Crippen LogP contribution in [-0.4, -0.2) is 0 Å². The minimum absolute atomic E-state index is 1.11. The highest BCUT2D eigenvalue weighted by molar-refractivity contribution is 6.08. The number of hydrogen-bond donors (Lipinski definition) is 0. The van der Waals surface area contributed by atoms with Gasteiger partial charge in [-0.15, -0.1) is 0 Å². The van der Waals surface area contributed by atoms with Gasteiger partial charge in [0.25, 0.3) is 0 Å². The lowest BCUT2D eigenvalue weighted by molar-refractivity contribution is 0.822. The quantitative estimate of drug-likeness (QED) is 0.262. The minimum Gasteiger partial charge on any atom is -0.0616 e. The average molecular weight is 397 g/mol. The summed E-state index contributed by atoms with van der Waals surface area (Å²) in [6.45, 7) is 0. The zero-order chi connectivity index (χ0) is 20.6. The number of fused-ring (bicyclic) bond motifs is 6. The molecule has 0 unspecified atom stereocenters. The second kappa shape index (κ2) is 7.56. The Balaban J connectivity index is 1.22. The summed E-state index contributed by atoms with van der Waals surface area (Å²) in [5, 5.41) is 10.7. The van der Waals surface area contributed by atoms with E-state index in [-0.39, 0.29) is 0 Å². The Labute approximate surface area is 182 Å². The predicted octanol–water partition coefficient (Wildman–Crippen LogP) is 8.47. The molecule has 0 heterocycles. The largest absolute Gasteiger partial charge is 0.0616 e. The third-order valence-corrected chi connectivity index (χ3v) is 6.55. The lowest BCUT2D eigenvalue weighted by atomic mass is 9.96. The zero-order valence-electron chi connectivity index (χ0n) is 17.5. The van der Waals surface area contributed by atoms with Crippen molar-refractivity contribution in [3.05, 3.63) is 120 Å². The first kappa shape index (κ1) is 18.2. The maximum Gasteiger partial charge on any atom is -0.0105 e. The second-order valence-corrected chi connectivity index (χ2v) is 8.54. The molecule has 148 valence electrons. The molecule has 0 radical (unpaired) electrons. The van der Waals surface area contributed by atoms with Crippen LogP contribution in [0.2, 0.25) is 0 Å². The van der Waals surface area contributed by atoms with Crippen LogP contribution in [0.1, 0.15) is 17.5 Å². The molecule has 0 heteroatoms. The van der Waals surface area contributed by atoms with Gasteiger partial charge < -0.3 is 0 Å². The summed E-state index contributed by atoms with van der Waals surface area (Å²) in [5.41, 5.74) is 2.85. The fourth-order valence-corrected chi connectivity index (χ4v) is 4.93. The van der Waals surface area contributed by atoms with Crippen molar-refractivity contribution in [2.24, 2.45) is 0 Å². The molecule has 0 aliphatic rings.